The number of hydrogen-bond acceptors (Lipinski definition) is 22. The molecule has 11 N–H and O–H groups in total. The Balaban J connectivity index is 0.000000142. The molecule has 5 aromatic heterocycles. The molecule has 1 aliphatic carbocycles. The fraction of sp³-hybridized carbons (Fsp3) is 0.344. The van der Waals surface area contributed by atoms with Crippen molar-refractivity contribution in [2.45, 2.75) is 176 Å². The standard InChI is InChI=1S/C23H20F3N5.C18H20F3N5O.C18H18F3N5.C17H17F3N6.C17H18N6/c1-14(2)22(17-9-15(3)10-18(11-17)23(24,25)26)19(12-27)20(16-7-5-4-6-8-16)30-21-28-13-29-31(21)22;1-9(2)17(12-5-10(3)6-13(7-12)18(19,20)21)14(15(22)27)11(4)25-16-23-8-24-26(16)17;1-10(2)17(13-5-11(3)6-14(7-13)18(19,20)21)15(8-22)12(4)25-16-23-9-24-26(16)17;1-9(2)16(11-4-10(3)5-12(6-11)17(18,19)20)13(7-21)14(22)25-15-23-8-24-26(15)16;1-10-5-11(2)7-13(6-10)17(12-3-4-12)14(8-18)15(19)22-16-20-9-21-23(16)17/h4-11,13-14H,1-3H3,(H,28,29,30);5-9H,1-4H3,(H2,22,27)(H,23,24,25);5-7,9-10H,1-4H3,(H,23,24,25);4-6,8-9H,22H2,1-3H3,(H,23,24,25);5-7,9,12H,3-4,19H2,1-2H3,(H,20,21,22). The third kappa shape index (κ3) is 16.5. The van der Waals surface area contributed by atoms with E-state index >= 15 is 0 Å². The van der Waals surface area contributed by atoms with Gasteiger partial charge in [0.2, 0.25) is 35.6 Å². The Kier molecular flexibility index (Phi) is 25.4. The highest BCUT2D eigenvalue weighted by Crippen LogP contribution is 2.57. The van der Waals surface area contributed by atoms with Crippen LogP contribution < -0.4 is 43.8 Å². The second kappa shape index (κ2) is 35.3. The van der Waals surface area contributed by atoms with Crippen LogP contribution in [0.1, 0.15) is 171 Å². The van der Waals surface area contributed by atoms with Crippen molar-refractivity contribution in [2.75, 3.05) is 26.6 Å². The molecule has 11 aromatic rings. The number of nitrogens with zero attached hydrogens (tertiary/aromatic N) is 19. The van der Waals surface area contributed by atoms with Gasteiger partial charge in [0, 0.05) is 11.4 Å². The van der Waals surface area contributed by atoms with Crippen LogP contribution in [0.3, 0.4) is 0 Å². The number of allylic oxidation sites excluding steroid dienone is 6. The van der Waals surface area contributed by atoms with Gasteiger partial charge in [-0.2, -0.15) is 124 Å². The molecule has 5 atom stereocenters. The Morgan fingerprint density at radius 3 is 1.02 bits per heavy atom. The molecule has 0 radical (unpaired) electrons. The second-order valence-corrected chi connectivity index (χ2v) is 34.6. The molecule has 690 valence electrons. The summed E-state index contributed by atoms with van der Waals surface area (Å²) in [5.74, 6) is 0.705. The number of rotatable bonds is 12. The predicted octanol–water partition coefficient (Wildman–Crippen LogP) is 18.1. The van der Waals surface area contributed by atoms with Crippen molar-refractivity contribution in [3.63, 3.8) is 0 Å². The topological polar surface area (TPSA) is 404 Å². The van der Waals surface area contributed by atoms with E-state index in [9.17, 15) is 78.5 Å². The monoisotopic (exact) mass is 1830 g/mol. The fourth-order valence-electron chi connectivity index (χ4n) is 19.2. The van der Waals surface area contributed by atoms with Crippen LogP contribution in [0, 0.1) is 116 Å². The molecule has 0 saturated heterocycles. The van der Waals surface area contributed by atoms with Crippen LogP contribution in [-0.2, 0) is 57.2 Å². The second-order valence-electron chi connectivity index (χ2n) is 34.6. The summed E-state index contributed by atoms with van der Waals surface area (Å²) in [6, 6.07) is 39.7. The number of aromatic nitrogens is 15. The fourth-order valence-corrected chi connectivity index (χ4v) is 19.2. The van der Waals surface area contributed by atoms with Crippen molar-refractivity contribution in [2.24, 2.45) is 46.8 Å². The number of primary amides is 1. The van der Waals surface area contributed by atoms with Crippen molar-refractivity contribution < 1.29 is 57.5 Å². The average Bonchev–Trinajstić information content (AvgIpc) is 1.61. The van der Waals surface area contributed by atoms with Gasteiger partial charge < -0.3 is 43.8 Å². The number of alkyl halides is 12. The summed E-state index contributed by atoms with van der Waals surface area (Å²) < 4.78 is 170. The van der Waals surface area contributed by atoms with E-state index in [2.05, 4.69) is 133 Å². The zero-order chi connectivity index (χ0) is 97.3. The number of carbonyl (C=O) groups is 1. The zero-order valence-electron chi connectivity index (χ0n) is 74.9. The summed E-state index contributed by atoms with van der Waals surface area (Å²) in [7, 11) is 0. The Morgan fingerprint density at radius 2 is 0.669 bits per heavy atom. The first-order chi connectivity index (χ1) is 62.5. The largest absolute Gasteiger partial charge is 0.416 e. The van der Waals surface area contributed by atoms with Crippen LogP contribution in [0.25, 0.3) is 5.70 Å². The molecule has 1 amide bonds. The molecule has 40 heteroatoms. The summed E-state index contributed by atoms with van der Waals surface area (Å²) in [5.41, 5.74) is 19.1. The minimum Gasteiger partial charge on any atom is -0.384 e. The minimum atomic E-state index is -4.53. The third-order valence-corrected chi connectivity index (χ3v) is 24.5. The molecule has 6 aliphatic rings. The molecule has 1 saturated carbocycles. The molecule has 0 bridgehead atoms. The quantitative estimate of drug-likeness (QED) is 0.0527. The van der Waals surface area contributed by atoms with Crippen molar-refractivity contribution in [3.8, 4) is 24.3 Å². The van der Waals surface area contributed by atoms with Gasteiger partial charge in [-0.1, -0.05) is 162 Å². The normalized spacial score (nSPS) is 20.2. The summed E-state index contributed by atoms with van der Waals surface area (Å²) in [4.78, 5) is 33.3. The van der Waals surface area contributed by atoms with E-state index in [4.69, 9.17) is 17.2 Å². The number of hydrogen-bond donors (Lipinski definition) is 8. The Hall–Kier alpha value is -15.1. The molecule has 17 rings (SSSR count). The number of carbonyl (C=O) groups excluding carboxylic acids is 1. The Labute approximate surface area is 756 Å². The SMILES string of the molecule is CC1=C(C#N)C(c2cc(C)cc(C(F)(F)F)c2)(C(C)C)n2ncnc2N1.CC1=C(C(N)=O)C(c2cc(C)cc(C(F)(F)F)c2)(C(C)C)n2ncnc2N1.Cc1cc(C(F)(F)F)cc(C2(C(C)C)C(C#N)=C(N)Nc3ncnn32)c1.Cc1cc(C(F)(F)F)cc(C2(C(C)C)C(C#N)=C(c3ccccc3)Nc3ncnn32)c1.Cc1cc(C)cc(C2(C3CC3)C(C#N)=C(N)Nc3ncnn32)c1. The smallest absolute Gasteiger partial charge is 0.384 e. The number of benzene rings is 6. The van der Waals surface area contributed by atoms with E-state index in [0.29, 0.717) is 97.2 Å². The maximum Gasteiger partial charge on any atom is 0.416 e. The summed E-state index contributed by atoms with van der Waals surface area (Å²) >= 11 is 0. The predicted molar refractivity (Wildman–Crippen MR) is 469 cm³/mol. The van der Waals surface area contributed by atoms with Gasteiger partial charge in [-0.15, -0.1) is 0 Å². The van der Waals surface area contributed by atoms with Gasteiger partial charge in [-0.05, 0) is 180 Å². The Morgan fingerprint density at radius 1 is 0.376 bits per heavy atom. The summed E-state index contributed by atoms with van der Waals surface area (Å²) in [6.45, 7) is 28.6. The lowest BCUT2D eigenvalue weighted by Gasteiger charge is -2.43. The van der Waals surface area contributed by atoms with Crippen LogP contribution in [0.2, 0.25) is 0 Å². The van der Waals surface area contributed by atoms with Crippen LogP contribution in [0.15, 0.2) is 204 Å². The van der Waals surface area contributed by atoms with Gasteiger partial charge in [0.15, 0.2) is 0 Å². The van der Waals surface area contributed by atoms with Crippen molar-refractivity contribution >= 4 is 41.3 Å². The summed E-state index contributed by atoms with van der Waals surface area (Å²) in [6.07, 6.45) is -9.22. The van der Waals surface area contributed by atoms with E-state index in [-0.39, 0.29) is 63.3 Å². The molecule has 133 heavy (non-hydrogen) atoms. The Bertz CT molecular complexity index is 6560. The average molecular weight is 1830 g/mol. The van der Waals surface area contributed by atoms with Crippen molar-refractivity contribution in [1.82, 2.24) is 73.8 Å². The van der Waals surface area contributed by atoms with Gasteiger partial charge in [0.25, 0.3) is 0 Å². The lowest BCUT2D eigenvalue weighted by atomic mass is 9.71. The molecule has 10 heterocycles. The van der Waals surface area contributed by atoms with Crippen LogP contribution in [0.5, 0.6) is 0 Å². The number of aryl methyl sites for hydroxylation is 6. The molecule has 28 nitrogen and oxygen atoms in total. The number of nitriles is 4. The number of fused-ring (bicyclic) bond motifs is 5. The third-order valence-electron chi connectivity index (χ3n) is 24.5. The van der Waals surface area contributed by atoms with Gasteiger partial charge >= 0.3 is 24.7 Å². The summed E-state index contributed by atoms with van der Waals surface area (Å²) in [5, 5.41) is 76.1. The first-order valence-corrected chi connectivity index (χ1v) is 41.9. The molecule has 5 unspecified atom stereocenters. The van der Waals surface area contributed by atoms with E-state index in [1.54, 1.807) is 79.7 Å². The molecule has 5 aliphatic heterocycles. The highest BCUT2D eigenvalue weighted by Gasteiger charge is 2.58. The van der Waals surface area contributed by atoms with Gasteiger partial charge in [-0.3, -0.25) is 4.79 Å². The maximum atomic E-state index is 13.7. The maximum absolute atomic E-state index is 13.7. The molecule has 6 aromatic carbocycles. The lowest BCUT2D eigenvalue weighted by molar-refractivity contribution is -0.138. The van der Waals surface area contributed by atoms with E-state index in [0.717, 1.165) is 83.6 Å². The van der Waals surface area contributed by atoms with Gasteiger partial charge in [0.05, 0.1) is 56.8 Å². The highest BCUT2D eigenvalue weighted by molar-refractivity contribution is 5.97. The van der Waals surface area contributed by atoms with Crippen LogP contribution >= 0.6 is 0 Å². The minimum absolute atomic E-state index is 0.0526. The van der Waals surface area contributed by atoms with E-state index < -0.39 is 80.6 Å². The molecule has 0 spiro atoms. The van der Waals surface area contributed by atoms with Crippen LogP contribution in [-0.4, -0.2) is 79.7 Å². The number of nitrogens with two attached hydrogens (primary N) is 3. The van der Waals surface area contributed by atoms with Crippen LogP contribution in [0.4, 0.5) is 82.4 Å². The van der Waals surface area contributed by atoms with E-state index in [1.807, 2.05) is 76.6 Å². The first kappa shape index (κ1) is 95.5. The molecular formula is C93H93F12N27O. The number of nitrogens with one attached hydrogen (secondary N) is 5. The number of amides is 1. The van der Waals surface area contributed by atoms with E-state index in [1.165, 1.54) is 50.4 Å². The number of anilines is 5. The highest BCUT2D eigenvalue weighted by atomic mass is 19.4. The number of halogens is 12. The van der Waals surface area contributed by atoms with Gasteiger partial charge in [0.1, 0.15) is 94.3 Å². The zero-order valence-corrected chi connectivity index (χ0v) is 74.9. The van der Waals surface area contributed by atoms with Gasteiger partial charge in [-0.25, -0.2) is 23.4 Å². The first-order valence-electron chi connectivity index (χ1n) is 41.9. The van der Waals surface area contributed by atoms with Crippen molar-refractivity contribution in [3.05, 3.63) is 293 Å². The molecule has 1 fully saturated rings. The molecular weight excluding hydrogens is 1740 g/mol. The van der Waals surface area contributed by atoms with Crippen molar-refractivity contribution in [1.29, 1.82) is 21.0 Å². The lowest BCUT2D eigenvalue weighted by Crippen LogP contribution is -2.50.